The number of carboxylic acids is 1. The summed E-state index contributed by atoms with van der Waals surface area (Å²) >= 11 is 0. The molecule has 0 atom stereocenters. The van der Waals surface area contributed by atoms with Crippen LogP contribution in [-0.2, 0) is 19.2 Å². The average molecular weight is 375 g/mol. The van der Waals surface area contributed by atoms with E-state index in [0.717, 1.165) is 11.6 Å². The number of benzene rings is 1. The number of aliphatic carboxylic acids is 1. The maximum Gasteiger partial charge on any atom is 0.331 e. The minimum atomic E-state index is -0.942. The van der Waals surface area contributed by atoms with Gasteiger partial charge in [0.15, 0.2) is 0 Å². The Labute approximate surface area is 161 Å². The van der Waals surface area contributed by atoms with Gasteiger partial charge in [0, 0.05) is 5.57 Å². The largest absolute Gasteiger partial charge is 0.478 e. The lowest BCUT2D eigenvalue weighted by Gasteiger charge is -1.93. The first-order valence-corrected chi connectivity index (χ1v) is 7.92. The minimum Gasteiger partial charge on any atom is -0.478 e. The molecule has 6 nitrogen and oxygen atoms in total. The van der Waals surface area contributed by atoms with Crippen molar-refractivity contribution in [3.05, 3.63) is 66.8 Å². The summed E-state index contributed by atoms with van der Waals surface area (Å²) in [6, 6.07) is 9.73. The number of carbonyl (C=O) groups excluding carboxylic acids is 3. The van der Waals surface area contributed by atoms with Gasteiger partial charge < -0.3 is 20.4 Å². The molecule has 1 amide bonds. The Hall–Kier alpha value is -3.28. The fourth-order valence-corrected chi connectivity index (χ4v) is 0.989. The third kappa shape index (κ3) is 34.9. The van der Waals surface area contributed by atoms with Crippen molar-refractivity contribution < 1.29 is 24.3 Å². The molecular weight excluding hydrogens is 346 g/mol. The summed E-state index contributed by atoms with van der Waals surface area (Å²) in [5, 5.41) is 8.55. The number of allylic oxidation sites excluding steroid dienone is 1. The van der Waals surface area contributed by atoms with E-state index in [1.807, 2.05) is 36.4 Å². The van der Waals surface area contributed by atoms with Gasteiger partial charge in [-0.1, -0.05) is 55.6 Å². The Bertz CT molecular complexity index is 626. The lowest BCUT2D eigenvalue weighted by molar-refractivity contribution is -0.132. The number of amides is 1. The van der Waals surface area contributed by atoms with Gasteiger partial charge in [-0.25, -0.2) is 4.79 Å². The van der Waals surface area contributed by atoms with Gasteiger partial charge in [-0.3, -0.25) is 4.79 Å². The number of Topliss-reactive ketones (excluding diaryl/α,β-unsaturated/α-hetero) is 2. The SMILES string of the molecule is C=C(CC=Cc1ccccc1)C(=O)O.C=CC(N)=O.CC(C)=O.CC(C)=O. The molecule has 0 saturated heterocycles. The van der Waals surface area contributed by atoms with Gasteiger partial charge in [0.25, 0.3) is 0 Å². The average Bonchev–Trinajstić information content (AvgIpc) is 2.55. The van der Waals surface area contributed by atoms with Crippen molar-refractivity contribution >= 4 is 29.5 Å². The number of carboxylic acid groups (broad SMARTS) is 1. The lowest BCUT2D eigenvalue weighted by Crippen LogP contribution is -2.04. The first-order valence-electron chi connectivity index (χ1n) is 7.92. The fourth-order valence-electron chi connectivity index (χ4n) is 0.989. The first-order chi connectivity index (χ1) is 12.4. The molecular formula is C21H29NO5. The van der Waals surface area contributed by atoms with Crippen molar-refractivity contribution in [3.63, 3.8) is 0 Å². The topological polar surface area (TPSA) is 115 Å². The van der Waals surface area contributed by atoms with Gasteiger partial charge in [-0.15, -0.1) is 0 Å². The minimum absolute atomic E-state index is 0.167. The number of hydrogen-bond donors (Lipinski definition) is 2. The standard InChI is InChI=1S/C12H12O2.C3H5NO.2C3H6O/c1-10(12(13)14)6-5-9-11-7-3-2-4-8-11;1-2-3(4)5;2*1-3(2)4/h2-5,7-9H,1,6H2,(H,13,14);2H,1H2,(H2,4,5);2*1-2H3. The summed E-state index contributed by atoms with van der Waals surface area (Å²) in [5.74, 6) is -1.09. The zero-order chi connectivity index (χ0) is 21.8. The molecule has 1 aromatic carbocycles. The van der Waals surface area contributed by atoms with Crippen molar-refractivity contribution in [1.82, 2.24) is 0 Å². The van der Waals surface area contributed by atoms with E-state index in [1.165, 1.54) is 27.7 Å². The third-order valence-electron chi connectivity index (χ3n) is 1.98. The van der Waals surface area contributed by atoms with Crippen LogP contribution in [-0.4, -0.2) is 28.5 Å². The highest BCUT2D eigenvalue weighted by molar-refractivity contribution is 5.86. The van der Waals surface area contributed by atoms with Crippen LogP contribution in [0, 0.1) is 0 Å². The molecule has 0 aromatic heterocycles. The van der Waals surface area contributed by atoms with Crippen LogP contribution >= 0.6 is 0 Å². The van der Waals surface area contributed by atoms with Crippen LogP contribution in [0.4, 0.5) is 0 Å². The Balaban J connectivity index is -0.000000365. The van der Waals surface area contributed by atoms with Gasteiger partial charge in [0.2, 0.25) is 5.91 Å². The molecule has 0 saturated carbocycles. The highest BCUT2D eigenvalue weighted by Gasteiger charge is 1.99. The number of rotatable bonds is 5. The Morgan fingerprint density at radius 1 is 1.00 bits per heavy atom. The van der Waals surface area contributed by atoms with Gasteiger partial charge in [0.05, 0.1) is 0 Å². The van der Waals surface area contributed by atoms with E-state index in [9.17, 15) is 19.2 Å². The number of nitrogens with two attached hydrogens (primary N) is 1. The highest BCUT2D eigenvalue weighted by atomic mass is 16.4. The molecule has 0 aliphatic carbocycles. The summed E-state index contributed by atoms with van der Waals surface area (Å²) in [4.78, 5) is 38.8. The monoisotopic (exact) mass is 375 g/mol. The molecule has 0 aliphatic rings. The Morgan fingerprint density at radius 3 is 1.67 bits per heavy atom. The van der Waals surface area contributed by atoms with Crippen molar-refractivity contribution in [3.8, 4) is 0 Å². The molecule has 27 heavy (non-hydrogen) atoms. The number of hydrogen-bond acceptors (Lipinski definition) is 4. The normalized spacial score (nSPS) is 8.44. The molecule has 1 rings (SSSR count). The van der Waals surface area contributed by atoms with E-state index >= 15 is 0 Å². The summed E-state index contributed by atoms with van der Waals surface area (Å²) in [7, 11) is 0. The van der Waals surface area contributed by atoms with E-state index < -0.39 is 11.9 Å². The summed E-state index contributed by atoms with van der Waals surface area (Å²) in [6.07, 6.45) is 5.12. The number of carbonyl (C=O) groups is 4. The molecule has 6 heteroatoms. The van der Waals surface area contributed by atoms with Crippen molar-refractivity contribution in [2.45, 2.75) is 34.1 Å². The van der Waals surface area contributed by atoms with Crippen LogP contribution in [0.2, 0.25) is 0 Å². The van der Waals surface area contributed by atoms with E-state index in [2.05, 4.69) is 18.9 Å². The summed E-state index contributed by atoms with van der Waals surface area (Å²) in [6.45, 7) is 12.6. The molecule has 0 fully saturated rings. The van der Waals surface area contributed by atoms with E-state index in [4.69, 9.17) is 5.11 Å². The third-order valence-corrected chi connectivity index (χ3v) is 1.98. The van der Waals surface area contributed by atoms with Crippen molar-refractivity contribution in [1.29, 1.82) is 0 Å². The molecule has 3 N–H and O–H groups in total. The molecule has 1 aromatic rings. The Kier molecular flexibility index (Phi) is 20.1. The van der Waals surface area contributed by atoms with Crippen LogP contribution < -0.4 is 5.73 Å². The molecule has 148 valence electrons. The molecule has 0 bridgehead atoms. The van der Waals surface area contributed by atoms with Crippen LogP contribution in [0.1, 0.15) is 39.7 Å². The van der Waals surface area contributed by atoms with E-state index in [1.54, 1.807) is 6.08 Å². The van der Waals surface area contributed by atoms with Crippen LogP contribution in [0.25, 0.3) is 6.08 Å². The summed E-state index contributed by atoms with van der Waals surface area (Å²) in [5.41, 5.74) is 5.80. The molecule has 0 radical (unpaired) electrons. The first kappa shape index (κ1) is 28.5. The van der Waals surface area contributed by atoms with Crippen LogP contribution in [0.3, 0.4) is 0 Å². The number of ketones is 2. The highest BCUT2D eigenvalue weighted by Crippen LogP contribution is 2.05. The maximum absolute atomic E-state index is 10.4. The van der Waals surface area contributed by atoms with Gasteiger partial charge in [-0.2, -0.15) is 0 Å². The molecule has 0 aliphatic heterocycles. The van der Waals surface area contributed by atoms with E-state index in [0.29, 0.717) is 6.42 Å². The lowest BCUT2D eigenvalue weighted by atomic mass is 10.1. The molecule has 0 unspecified atom stereocenters. The Morgan fingerprint density at radius 2 is 1.37 bits per heavy atom. The smallest absolute Gasteiger partial charge is 0.331 e. The second kappa shape index (κ2) is 19.1. The van der Waals surface area contributed by atoms with Gasteiger partial charge in [0.1, 0.15) is 11.6 Å². The quantitative estimate of drug-likeness (QED) is 0.763. The van der Waals surface area contributed by atoms with Gasteiger partial charge >= 0.3 is 5.97 Å². The van der Waals surface area contributed by atoms with Gasteiger partial charge in [-0.05, 0) is 45.8 Å². The zero-order valence-corrected chi connectivity index (χ0v) is 16.4. The zero-order valence-electron chi connectivity index (χ0n) is 16.4. The second-order valence-corrected chi connectivity index (χ2v) is 5.35. The second-order valence-electron chi connectivity index (χ2n) is 5.35. The van der Waals surface area contributed by atoms with Crippen LogP contribution in [0.15, 0.2) is 61.2 Å². The van der Waals surface area contributed by atoms with Crippen LogP contribution in [0.5, 0.6) is 0 Å². The number of primary amides is 1. The summed E-state index contributed by atoms with van der Waals surface area (Å²) < 4.78 is 0. The predicted molar refractivity (Wildman–Crippen MR) is 109 cm³/mol. The molecule has 0 heterocycles. The van der Waals surface area contributed by atoms with Crippen molar-refractivity contribution in [2.24, 2.45) is 5.73 Å². The maximum atomic E-state index is 10.4. The fraction of sp³-hybridized carbons (Fsp3) is 0.238. The van der Waals surface area contributed by atoms with E-state index in [-0.39, 0.29) is 17.1 Å². The van der Waals surface area contributed by atoms with Crippen molar-refractivity contribution in [2.75, 3.05) is 0 Å². The molecule has 0 spiro atoms. The predicted octanol–water partition coefficient (Wildman–Crippen LogP) is 3.58.